The molecule has 1 aliphatic rings. The van der Waals surface area contributed by atoms with E-state index in [2.05, 4.69) is 31.7 Å². The van der Waals surface area contributed by atoms with Crippen molar-refractivity contribution in [3.05, 3.63) is 76.8 Å². The number of nitrogens with one attached hydrogen (secondary N) is 4. The number of hydrogen-bond donors (Lipinski definition) is 4. The fourth-order valence-corrected chi connectivity index (χ4v) is 4.19. The molecule has 0 spiro atoms. The molecule has 1 aliphatic heterocycles. The Morgan fingerprint density at radius 1 is 1.18 bits per heavy atom. The van der Waals surface area contributed by atoms with E-state index in [1.54, 1.807) is 18.0 Å². The number of hydrogen-bond acceptors (Lipinski definition) is 6. The van der Waals surface area contributed by atoms with E-state index >= 15 is 0 Å². The number of benzene rings is 1. The Morgan fingerprint density at radius 3 is 2.89 bits per heavy atom. The molecule has 1 atom stereocenters. The van der Waals surface area contributed by atoms with Crippen LogP contribution in [0.25, 0.3) is 5.70 Å². The third-order valence-corrected chi connectivity index (χ3v) is 5.79. The van der Waals surface area contributed by atoms with Gasteiger partial charge in [-0.05, 0) is 59.7 Å². The van der Waals surface area contributed by atoms with Crippen molar-refractivity contribution >= 4 is 51.2 Å². The van der Waals surface area contributed by atoms with Crippen molar-refractivity contribution in [1.82, 2.24) is 10.3 Å². The highest BCUT2D eigenvalue weighted by Crippen LogP contribution is 2.30. The molecule has 0 bridgehead atoms. The largest absolute Gasteiger partial charge is 0.356 e. The summed E-state index contributed by atoms with van der Waals surface area (Å²) in [4.78, 5) is 16.3. The summed E-state index contributed by atoms with van der Waals surface area (Å²) in [6, 6.07) is 13.3. The average Bonchev–Trinajstić information content (AvgIpc) is 3.37. The Morgan fingerprint density at radius 2 is 2.11 bits per heavy atom. The topological polar surface area (TPSA) is 78.1 Å². The van der Waals surface area contributed by atoms with Gasteiger partial charge in [0.2, 0.25) is 0 Å². The number of nitrogens with zero attached hydrogens (tertiary/aromatic N) is 1. The Hall–Kier alpha value is -2.97. The smallest absolute Gasteiger partial charge is 0.324 e. The molecule has 8 heteroatoms. The maximum atomic E-state index is 12.2. The number of aromatic nitrogens is 1. The van der Waals surface area contributed by atoms with Gasteiger partial charge in [0.1, 0.15) is 5.50 Å². The Labute approximate surface area is 171 Å². The Bertz CT molecular complexity index is 989. The monoisotopic (exact) mass is 409 g/mol. The second kappa shape index (κ2) is 8.37. The molecular weight excluding hydrogens is 390 g/mol. The molecule has 28 heavy (non-hydrogen) atoms. The number of amides is 2. The van der Waals surface area contributed by atoms with Crippen molar-refractivity contribution < 1.29 is 4.79 Å². The number of aryl methyl sites for hydroxylation is 1. The maximum absolute atomic E-state index is 12.2. The molecule has 0 fully saturated rings. The number of thiophene rings is 1. The fourth-order valence-electron chi connectivity index (χ4n) is 2.71. The van der Waals surface area contributed by atoms with Gasteiger partial charge in [-0.2, -0.15) is 0 Å². The van der Waals surface area contributed by atoms with Crippen LogP contribution in [0.5, 0.6) is 0 Å². The Balaban J connectivity index is 1.38. The maximum Gasteiger partial charge on any atom is 0.324 e. The van der Waals surface area contributed by atoms with Gasteiger partial charge in [0.15, 0.2) is 0 Å². The second-order valence-corrected chi connectivity index (χ2v) is 8.09. The highest BCUT2D eigenvalue weighted by Gasteiger charge is 2.18. The molecule has 1 unspecified atom stereocenters. The first-order chi connectivity index (χ1) is 13.7. The van der Waals surface area contributed by atoms with Crippen molar-refractivity contribution in [2.75, 3.05) is 16.0 Å². The van der Waals surface area contributed by atoms with Gasteiger partial charge < -0.3 is 16.0 Å². The normalized spacial score (nSPS) is 15.5. The van der Waals surface area contributed by atoms with E-state index in [0.717, 1.165) is 33.2 Å². The summed E-state index contributed by atoms with van der Waals surface area (Å²) in [6.45, 7) is 2.03. The van der Waals surface area contributed by atoms with Crippen LogP contribution in [0.15, 0.2) is 65.6 Å². The SMILES string of the molecule is Cc1ccc(NC(=O)Nc2cccs2)cc1NC1NC(c2cccnc2)=CS1. The van der Waals surface area contributed by atoms with Crippen LogP contribution in [-0.2, 0) is 0 Å². The van der Waals surface area contributed by atoms with Crippen LogP contribution in [0.1, 0.15) is 11.1 Å². The van der Waals surface area contributed by atoms with Gasteiger partial charge in [-0.1, -0.05) is 17.8 Å². The highest BCUT2D eigenvalue weighted by atomic mass is 32.2. The lowest BCUT2D eigenvalue weighted by molar-refractivity contribution is 0.262. The Kier molecular flexibility index (Phi) is 5.50. The lowest BCUT2D eigenvalue weighted by atomic mass is 10.2. The summed E-state index contributed by atoms with van der Waals surface area (Å²) < 4.78 is 0. The lowest BCUT2D eigenvalue weighted by Gasteiger charge is -2.18. The molecule has 142 valence electrons. The molecule has 1 aromatic carbocycles. The minimum atomic E-state index is -0.258. The molecule has 2 amide bonds. The molecule has 2 aromatic heterocycles. The minimum absolute atomic E-state index is 0.00380. The van der Waals surface area contributed by atoms with Crippen molar-refractivity contribution in [3.8, 4) is 0 Å². The molecule has 3 heterocycles. The molecule has 0 radical (unpaired) electrons. The zero-order valence-corrected chi connectivity index (χ0v) is 16.7. The van der Waals surface area contributed by atoms with Crippen LogP contribution in [0, 0.1) is 6.92 Å². The molecule has 4 rings (SSSR count). The number of urea groups is 1. The third-order valence-electron chi connectivity index (χ3n) is 4.12. The first-order valence-electron chi connectivity index (χ1n) is 8.69. The van der Waals surface area contributed by atoms with Gasteiger partial charge in [-0.15, -0.1) is 11.3 Å². The van der Waals surface area contributed by atoms with E-state index in [1.165, 1.54) is 11.3 Å². The summed E-state index contributed by atoms with van der Waals surface area (Å²) in [5.41, 5.74) is 4.88. The average molecular weight is 410 g/mol. The van der Waals surface area contributed by atoms with E-state index in [9.17, 15) is 4.79 Å². The number of pyridine rings is 1. The van der Waals surface area contributed by atoms with E-state index in [-0.39, 0.29) is 11.5 Å². The van der Waals surface area contributed by atoms with Crippen molar-refractivity contribution in [2.45, 2.75) is 12.4 Å². The zero-order valence-electron chi connectivity index (χ0n) is 15.1. The van der Waals surface area contributed by atoms with Gasteiger partial charge in [0.25, 0.3) is 0 Å². The van der Waals surface area contributed by atoms with Crippen LogP contribution in [0.4, 0.5) is 21.2 Å². The molecule has 3 aromatic rings. The molecule has 6 nitrogen and oxygen atoms in total. The standard InChI is InChI=1S/C20H19N5OS2/c1-13-6-7-15(22-19(26)25-18-5-3-9-27-18)10-16(13)23-20-24-17(12-28-20)14-4-2-8-21-11-14/h2-12,20,23-24H,1H3,(H2,22,25,26). The van der Waals surface area contributed by atoms with Crippen molar-refractivity contribution in [2.24, 2.45) is 0 Å². The predicted octanol–water partition coefficient (Wildman–Crippen LogP) is 5.13. The lowest BCUT2D eigenvalue weighted by Crippen LogP contribution is -2.28. The molecule has 4 N–H and O–H groups in total. The van der Waals surface area contributed by atoms with E-state index in [1.807, 2.05) is 61.0 Å². The number of rotatable bonds is 5. The van der Waals surface area contributed by atoms with Crippen LogP contribution < -0.4 is 21.3 Å². The van der Waals surface area contributed by atoms with Crippen LogP contribution in [-0.4, -0.2) is 16.5 Å². The van der Waals surface area contributed by atoms with Crippen molar-refractivity contribution in [1.29, 1.82) is 0 Å². The van der Waals surface area contributed by atoms with Gasteiger partial charge in [0, 0.05) is 29.3 Å². The predicted molar refractivity (Wildman–Crippen MR) is 118 cm³/mol. The number of carbonyl (C=O) groups is 1. The van der Waals surface area contributed by atoms with Crippen LogP contribution >= 0.6 is 23.1 Å². The first-order valence-corrected chi connectivity index (χ1v) is 10.5. The first kappa shape index (κ1) is 18.4. The van der Waals surface area contributed by atoms with Crippen molar-refractivity contribution in [3.63, 3.8) is 0 Å². The second-order valence-electron chi connectivity index (χ2n) is 6.16. The number of anilines is 3. The summed E-state index contributed by atoms with van der Waals surface area (Å²) in [5.74, 6) is 0. The number of carbonyl (C=O) groups excluding carboxylic acids is 1. The molecule has 0 saturated carbocycles. The summed E-state index contributed by atoms with van der Waals surface area (Å²) in [6.07, 6.45) is 3.60. The number of thioether (sulfide) groups is 1. The van der Waals surface area contributed by atoms with Crippen LogP contribution in [0.2, 0.25) is 0 Å². The van der Waals surface area contributed by atoms with Gasteiger partial charge in [0.05, 0.1) is 10.7 Å². The summed E-state index contributed by atoms with van der Waals surface area (Å²) >= 11 is 3.14. The minimum Gasteiger partial charge on any atom is -0.356 e. The highest BCUT2D eigenvalue weighted by molar-refractivity contribution is 8.03. The summed E-state index contributed by atoms with van der Waals surface area (Å²) in [7, 11) is 0. The zero-order chi connectivity index (χ0) is 19.3. The quantitative estimate of drug-likeness (QED) is 0.470. The molecule has 0 aliphatic carbocycles. The van der Waals surface area contributed by atoms with E-state index < -0.39 is 0 Å². The van der Waals surface area contributed by atoms with Gasteiger partial charge >= 0.3 is 6.03 Å². The molecule has 0 saturated heterocycles. The van der Waals surface area contributed by atoms with Gasteiger partial charge in [-0.25, -0.2) is 4.79 Å². The summed E-state index contributed by atoms with van der Waals surface area (Å²) in [5, 5.41) is 17.4. The molecular formula is C20H19N5OS2. The van der Waals surface area contributed by atoms with Crippen LogP contribution in [0.3, 0.4) is 0 Å². The van der Waals surface area contributed by atoms with E-state index in [4.69, 9.17) is 0 Å². The van der Waals surface area contributed by atoms with Gasteiger partial charge in [-0.3, -0.25) is 10.3 Å². The van der Waals surface area contributed by atoms with E-state index in [0.29, 0.717) is 0 Å². The fraction of sp³-hybridized carbons (Fsp3) is 0.100. The third kappa shape index (κ3) is 4.47.